The van der Waals surface area contributed by atoms with E-state index in [9.17, 15) is 0 Å². The molecule has 1 aliphatic heterocycles. The van der Waals surface area contributed by atoms with Gasteiger partial charge in [0.05, 0.1) is 14.2 Å². The molecule has 0 bridgehead atoms. The average Bonchev–Trinajstić information content (AvgIpc) is 2.49. The van der Waals surface area contributed by atoms with Crippen molar-refractivity contribution in [2.45, 2.75) is 38.6 Å². The number of ether oxygens (including phenoxy) is 2. The summed E-state index contributed by atoms with van der Waals surface area (Å²) in [7, 11) is 3.38. The molecule has 0 aromatic heterocycles. The molecule has 0 spiro atoms. The Morgan fingerprint density at radius 3 is 2.25 bits per heavy atom. The predicted octanol–water partition coefficient (Wildman–Crippen LogP) is 4.06. The third kappa shape index (κ3) is 3.80. The van der Waals surface area contributed by atoms with Crippen molar-refractivity contribution < 1.29 is 9.47 Å². The Balaban J connectivity index is 0.00000200. The van der Waals surface area contributed by atoms with Crippen molar-refractivity contribution >= 4 is 12.4 Å². The van der Waals surface area contributed by atoms with E-state index < -0.39 is 0 Å². The first-order valence-electron chi connectivity index (χ1n) is 7.26. The lowest BCUT2D eigenvalue weighted by Gasteiger charge is -2.34. The number of hydrogen-bond acceptors (Lipinski definition) is 3. The van der Waals surface area contributed by atoms with Crippen LogP contribution in [0.5, 0.6) is 11.5 Å². The molecule has 1 unspecified atom stereocenters. The Morgan fingerprint density at radius 1 is 1.05 bits per heavy atom. The van der Waals surface area contributed by atoms with E-state index in [0.717, 1.165) is 17.9 Å². The second-order valence-electron chi connectivity index (χ2n) is 5.14. The van der Waals surface area contributed by atoms with E-state index >= 15 is 0 Å². The molecule has 3 nitrogen and oxygen atoms in total. The van der Waals surface area contributed by atoms with Crippen molar-refractivity contribution in [2.24, 2.45) is 0 Å². The Bertz CT molecular complexity index is 405. The molecule has 1 aromatic rings. The Kier molecular flexibility index (Phi) is 7.17. The smallest absolute Gasteiger partial charge is 0.161 e. The highest BCUT2D eigenvalue weighted by molar-refractivity contribution is 5.85. The topological polar surface area (TPSA) is 21.7 Å². The van der Waals surface area contributed by atoms with Crippen LogP contribution < -0.4 is 9.47 Å². The molecule has 0 saturated carbocycles. The molecule has 20 heavy (non-hydrogen) atoms. The van der Waals surface area contributed by atoms with Gasteiger partial charge in [0.15, 0.2) is 11.5 Å². The van der Waals surface area contributed by atoms with Gasteiger partial charge in [-0.15, -0.1) is 12.4 Å². The molecular weight excluding hydrogens is 274 g/mol. The monoisotopic (exact) mass is 299 g/mol. The van der Waals surface area contributed by atoms with Gasteiger partial charge in [0.2, 0.25) is 0 Å². The summed E-state index contributed by atoms with van der Waals surface area (Å²) in [5.74, 6) is 1.63. The molecule has 1 aromatic carbocycles. The molecule has 1 heterocycles. The van der Waals surface area contributed by atoms with Crippen LogP contribution in [0.1, 0.15) is 44.2 Å². The molecule has 1 saturated heterocycles. The first kappa shape index (κ1) is 17.1. The maximum Gasteiger partial charge on any atom is 0.161 e. The fourth-order valence-electron chi connectivity index (χ4n) is 2.99. The zero-order chi connectivity index (χ0) is 13.7. The predicted molar refractivity (Wildman–Crippen MR) is 85.3 cm³/mol. The third-order valence-corrected chi connectivity index (χ3v) is 4.01. The molecule has 1 atom stereocenters. The normalized spacial score (nSPS) is 17.1. The van der Waals surface area contributed by atoms with Gasteiger partial charge in [-0.3, -0.25) is 4.90 Å². The van der Waals surface area contributed by atoms with Crippen LogP contribution in [0.2, 0.25) is 0 Å². The van der Waals surface area contributed by atoms with Crippen LogP contribution in [0.25, 0.3) is 0 Å². The molecule has 114 valence electrons. The van der Waals surface area contributed by atoms with Crippen molar-refractivity contribution in [1.29, 1.82) is 0 Å². The summed E-state index contributed by atoms with van der Waals surface area (Å²) < 4.78 is 10.7. The minimum absolute atomic E-state index is 0. The van der Waals surface area contributed by atoms with Crippen LogP contribution >= 0.6 is 12.4 Å². The summed E-state index contributed by atoms with van der Waals surface area (Å²) in [6.07, 6.45) is 5.15. The molecule has 0 N–H and O–H groups in total. The molecule has 0 amide bonds. The van der Waals surface area contributed by atoms with Crippen molar-refractivity contribution in [3.05, 3.63) is 23.8 Å². The highest BCUT2D eigenvalue weighted by atomic mass is 35.5. The minimum atomic E-state index is 0. The fourth-order valence-corrected chi connectivity index (χ4v) is 2.99. The zero-order valence-corrected chi connectivity index (χ0v) is 13.5. The van der Waals surface area contributed by atoms with Crippen molar-refractivity contribution in [2.75, 3.05) is 27.3 Å². The molecule has 4 heteroatoms. The maximum absolute atomic E-state index is 5.42. The Labute approximate surface area is 128 Å². The van der Waals surface area contributed by atoms with Crippen LogP contribution in [-0.2, 0) is 0 Å². The molecule has 0 radical (unpaired) electrons. The number of rotatable bonds is 5. The summed E-state index contributed by atoms with van der Waals surface area (Å²) in [6, 6.07) is 6.81. The highest BCUT2D eigenvalue weighted by Gasteiger charge is 2.21. The van der Waals surface area contributed by atoms with Crippen LogP contribution in [0.3, 0.4) is 0 Å². The van der Waals surface area contributed by atoms with Gasteiger partial charge in [0.1, 0.15) is 0 Å². The van der Waals surface area contributed by atoms with Crippen molar-refractivity contribution in [1.82, 2.24) is 4.90 Å². The quantitative estimate of drug-likeness (QED) is 0.818. The van der Waals surface area contributed by atoms with Crippen LogP contribution in [-0.4, -0.2) is 32.2 Å². The van der Waals surface area contributed by atoms with Crippen LogP contribution in [0.4, 0.5) is 0 Å². The third-order valence-electron chi connectivity index (χ3n) is 4.01. The van der Waals surface area contributed by atoms with Crippen LogP contribution in [0.15, 0.2) is 18.2 Å². The van der Waals surface area contributed by atoms with Gasteiger partial charge in [0, 0.05) is 6.04 Å². The molecular formula is C16H26ClNO2. The molecule has 0 aliphatic carbocycles. The van der Waals surface area contributed by atoms with E-state index in [1.807, 2.05) is 6.07 Å². The highest BCUT2D eigenvalue weighted by Crippen LogP contribution is 2.34. The van der Waals surface area contributed by atoms with Crippen LogP contribution in [0, 0.1) is 0 Å². The second kappa shape index (κ2) is 8.38. The first-order chi connectivity index (χ1) is 9.30. The summed E-state index contributed by atoms with van der Waals surface area (Å²) in [5.41, 5.74) is 1.34. The molecule has 1 aliphatic rings. The van der Waals surface area contributed by atoms with Gasteiger partial charge < -0.3 is 9.47 Å². The summed E-state index contributed by atoms with van der Waals surface area (Å²) in [4.78, 5) is 2.60. The van der Waals surface area contributed by atoms with Gasteiger partial charge >= 0.3 is 0 Å². The fraction of sp³-hybridized carbons (Fsp3) is 0.625. The Morgan fingerprint density at radius 2 is 1.70 bits per heavy atom. The number of methoxy groups -OCH3 is 2. The van der Waals surface area contributed by atoms with Crippen molar-refractivity contribution in [3.63, 3.8) is 0 Å². The summed E-state index contributed by atoms with van der Waals surface area (Å²) in [6.45, 7) is 4.69. The van der Waals surface area contributed by atoms with E-state index in [1.54, 1.807) is 14.2 Å². The second-order valence-corrected chi connectivity index (χ2v) is 5.14. The lowest BCUT2D eigenvalue weighted by molar-refractivity contribution is 0.159. The Hall–Kier alpha value is -0.930. The largest absolute Gasteiger partial charge is 0.493 e. The molecule has 1 fully saturated rings. The van der Waals surface area contributed by atoms with Crippen molar-refractivity contribution in [3.8, 4) is 11.5 Å². The summed E-state index contributed by atoms with van der Waals surface area (Å²) >= 11 is 0. The SMILES string of the molecule is CCC(c1ccc(OC)c(OC)c1)N1CCCCC1.Cl. The van der Waals surface area contributed by atoms with E-state index in [-0.39, 0.29) is 12.4 Å². The number of hydrogen-bond donors (Lipinski definition) is 0. The van der Waals surface area contributed by atoms with Gasteiger partial charge in [-0.2, -0.15) is 0 Å². The van der Waals surface area contributed by atoms with E-state index in [4.69, 9.17) is 9.47 Å². The first-order valence-corrected chi connectivity index (χ1v) is 7.26. The van der Waals surface area contributed by atoms with E-state index in [0.29, 0.717) is 6.04 Å². The lowest BCUT2D eigenvalue weighted by atomic mass is 9.99. The minimum Gasteiger partial charge on any atom is -0.493 e. The number of benzene rings is 1. The van der Waals surface area contributed by atoms with Gasteiger partial charge in [0.25, 0.3) is 0 Å². The zero-order valence-electron chi connectivity index (χ0n) is 12.7. The number of likely N-dealkylation sites (tertiary alicyclic amines) is 1. The lowest BCUT2D eigenvalue weighted by Crippen LogP contribution is -2.33. The van der Waals surface area contributed by atoms with E-state index in [1.165, 1.54) is 37.9 Å². The van der Waals surface area contributed by atoms with Gasteiger partial charge in [-0.1, -0.05) is 19.4 Å². The number of halogens is 1. The van der Waals surface area contributed by atoms with Gasteiger partial charge in [-0.05, 0) is 50.0 Å². The van der Waals surface area contributed by atoms with E-state index in [2.05, 4.69) is 24.0 Å². The average molecular weight is 300 g/mol. The number of piperidine rings is 1. The summed E-state index contributed by atoms with van der Waals surface area (Å²) in [5, 5.41) is 0. The number of nitrogens with zero attached hydrogens (tertiary/aromatic N) is 1. The van der Waals surface area contributed by atoms with Gasteiger partial charge in [-0.25, -0.2) is 0 Å². The standard InChI is InChI=1S/C16H25NO2.ClH/c1-4-14(17-10-6-5-7-11-17)13-8-9-15(18-2)16(12-13)19-3;/h8-9,12,14H,4-7,10-11H2,1-3H3;1H. The maximum atomic E-state index is 5.42. The molecule has 2 rings (SSSR count).